The Bertz CT molecular complexity index is 390. The number of carbonyl (C=O) groups excluding carboxylic acids is 1. The first-order valence-electron chi connectivity index (χ1n) is 5.38. The predicted molar refractivity (Wildman–Crippen MR) is 64.9 cm³/mol. The maximum atomic E-state index is 11.0. The number of rotatable bonds is 3. The van der Waals surface area contributed by atoms with Crippen LogP contribution in [0.2, 0.25) is 0 Å². The molecular weight excluding hydrogens is 222 g/mol. The summed E-state index contributed by atoms with van der Waals surface area (Å²) < 4.78 is 0. The summed E-state index contributed by atoms with van der Waals surface area (Å²) in [4.78, 5) is 14.8. The van der Waals surface area contributed by atoms with Gasteiger partial charge in [-0.1, -0.05) is 0 Å². The van der Waals surface area contributed by atoms with Gasteiger partial charge in [0, 0.05) is 9.75 Å². The number of nitrogens with two attached hydrogens (primary N) is 1. The lowest BCUT2D eigenvalue weighted by atomic mass is 9.99. The summed E-state index contributed by atoms with van der Waals surface area (Å²) in [6.45, 7) is 0.427. The van der Waals surface area contributed by atoms with E-state index in [0.29, 0.717) is 6.54 Å². The number of hydrogen-bond donors (Lipinski definition) is 2. The molecule has 0 aromatic carbocycles. The number of urea groups is 1. The fourth-order valence-corrected chi connectivity index (χ4v) is 3.25. The Morgan fingerprint density at radius 3 is 2.94 bits per heavy atom. The Kier molecular flexibility index (Phi) is 3.24. The summed E-state index contributed by atoms with van der Waals surface area (Å²) in [5, 5.41) is 7.11. The van der Waals surface area contributed by atoms with Crippen molar-refractivity contribution in [3.8, 4) is 0 Å². The van der Waals surface area contributed by atoms with Gasteiger partial charge in [0.25, 0.3) is 0 Å². The SMILES string of the molecule is N=CN(Cc1cc2c(s1)CCCC2)C(N)=O. The van der Waals surface area contributed by atoms with E-state index >= 15 is 0 Å². The average molecular weight is 237 g/mol. The largest absolute Gasteiger partial charge is 0.351 e. The molecule has 1 aliphatic rings. The van der Waals surface area contributed by atoms with Gasteiger partial charge in [0.15, 0.2) is 0 Å². The second-order valence-electron chi connectivity index (χ2n) is 3.96. The molecule has 0 atom stereocenters. The van der Waals surface area contributed by atoms with Crippen molar-refractivity contribution in [1.82, 2.24) is 4.90 Å². The topological polar surface area (TPSA) is 70.2 Å². The van der Waals surface area contributed by atoms with Crippen molar-refractivity contribution in [1.29, 1.82) is 5.41 Å². The van der Waals surface area contributed by atoms with E-state index in [0.717, 1.165) is 24.1 Å². The quantitative estimate of drug-likeness (QED) is 0.613. The number of hydrogen-bond acceptors (Lipinski definition) is 3. The van der Waals surface area contributed by atoms with Gasteiger partial charge in [-0.3, -0.25) is 10.3 Å². The number of nitrogens with zero attached hydrogens (tertiary/aromatic N) is 1. The highest BCUT2D eigenvalue weighted by Crippen LogP contribution is 2.30. The number of carbonyl (C=O) groups is 1. The van der Waals surface area contributed by atoms with Gasteiger partial charge in [-0.05, 0) is 37.3 Å². The second kappa shape index (κ2) is 4.65. The third-order valence-corrected chi connectivity index (χ3v) is 4.03. The first-order chi connectivity index (χ1) is 7.70. The van der Waals surface area contributed by atoms with Crippen molar-refractivity contribution in [3.63, 3.8) is 0 Å². The van der Waals surface area contributed by atoms with Crippen LogP contribution in [0.4, 0.5) is 4.79 Å². The van der Waals surface area contributed by atoms with Crippen molar-refractivity contribution in [2.45, 2.75) is 32.2 Å². The zero-order chi connectivity index (χ0) is 11.5. The number of aryl methyl sites for hydroxylation is 2. The summed E-state index contributed by atoms with van der Waals surface area (Å²) in [6.07, 6.45) is 5.81. The molecule has 0 fully saturated rings. The van der Waals surface area contributed by atoms with Crippen LogP contribution in [-0.4, -0.2) is 17.3 Å². The maximum Gasteiger partial charge on any atom is 0.320 e. The molecule has 0 spiro atoms. The van der Waals surface area contributed by atoms with E-state index < -0.39 is 6.03 Å². The van der Waals surface area contributed by atoms with Crippen LogP contribution in [0.5, 0.6) is 0 Å². The van der Waals surface area contributed by atoms with E-state index in [-0.39, 0.29) is 0 Å². The Hall–Kier alpha value is -1.36. The fourth-order valence-electron chi connectivity index (χ4n) is 1.99. The van der Waals surface area contributed by atoms with E-state index in [2.05, 4.69) is 6.07 Å². The highest BCUT2D eigenvalue weighted by atomic mass is 32.1. The lowest BCUT2D eigenvalue weighted by Crippen LogP contribution is -2.33. The van der Waals surface area contributed by atoms with Crippen molar-refractivity contribution in [2.24, 2.45) is 5.73 Å². The van der Waals surface area contributed by atoms with Gasteiger partial charge < -0.3 is 5.73 Å². The van der Waals surface area contributed by atoms with E-state index in [9.17, 15) is 4.79 Å². The smallest absolute Gasteiger partial charge is 0.320 e. The highest BCUT2D eigenvalue weighted by Gasteiger charge is 2.15. The Balaban J connectivity index is 2.12. The Morgan fingerprint density at radius 2 is 2.31 bits per heavy atom. The number of nitrogens with one attached hydrogen (secondary N) is 1. The molecule has 1 aliphatic carbocycles. The summed E-state index contributed by atoms with van der Waals surface area (Å²) in [6, 6.07) is 1.58. The minimum atomic E-state index is -0.568. The van der Waals surface area contributed by atoms with E-state index in [1.165, 1.54) is 28.2 Å². The fraction of sp³-hybridized carbons (Fsp3) is 0.455. The second-order valence-corrected chi connectivity index (χ2v) is 5.18. The molecule has 1 heterocycles. The van der Waals surface area contributed by atoms with Crippen molar-refractivity contribution >= 4 is 23.7 Å². The summed E-state index contributed by atoms with van der Waals surface area (Å²) in [5.74, 6) is 0. The molecule has 0 unspecified atom stereocenters. The van der Waals surface area contributed by atoms with Gasteiger partial charge in [-0.15, -0.1) is 11.3 Å². The molecule has 2 amide bonds. The average Bonchev–Trinajstić information content (AvgIpc) is 2.67. The summed E-state index contributed by atoms with van der Waals surface area (Å²) >= 11 is 1.74. The predicted octanol–water partition coefficient (Wildman–Crippen LogP) is 2.11. The molecule has 86 valence electrons. The molecule has 0 aliphatic heterocycles. The van der Waals surface area contributed by atoms with Crippen molar-refractivity contribution < 1.29 is 4.79 Å². The monoisotopic (exact) mass is 237 g/mol. The lowest BCUT2D eigenvalue weighted by molar-refractivity contribution is 0.230. The third-order valence-electron chi connectivity index (χ3n) is 2.81. The van der Waals surface area contributed by atoms with Gasteiger partial charge in [0.2, 0.25) is 0 Å². The zero-order valence-corrected chi connectivity index (χ0v) is 9.85. The molecule has 16 heavy (non-hydrogen) atoms. The third kappa shape index (κ3) is 2.24. The van der Waals surface area contributed by atoms with E-state index in [4.69, 9.17) is 11.1 Å². The van der Waals surface area contributed by atoms with Gasteiger partial charge in [-0.2, -0.15) is 0 Å². The van der Waals surface area contributed by atoms with Gasteiger partial charge >= 0.3 is 6.03 Å². The van der Waals surface area contributed by atoms with Crippen LogP contribution in [0, 0.1) is 5.41 Å². The highest BCUT2D eigenvalue weighted by molar-refractivity contribution is 7.12. The van der Waals surface area contributed by atoms with Gasteiger partial charge in [0.05, 0.1) is 12.9 Å². The van der Waals surface area contributed by atoms with E-state index in [1.807, 2.05) is 0 Å². The first kappa shape index (κ1) is 11.1. The number of thiophene rings is 1. The number of amides is 2. The zero-order valence-electron chi connectivity index (χ0n) is 9.03. The normalized spacial score (nSPS) is 14.2. The van der Waals surface area contributed by atoms with Crippen LogP contribution >= 0.6 is 11.3 Å². The minimum absolute atomic E-state index is 0.427. The molecule has 2 rings (SSSR count). The summed E-state index contributed by atoms with van der Waals surface area (Å²) in [7, 11) is 0. The first-order valence-corrected chi connectivity index (χ1v) is 6.19. The minimum Gasteiger partial charge on any atom is -0.351 e. The molecule has 0 saturated heterocycles. The molecule has 4 nitrogen and oxygen atoms in total. The summed E-state index contributed by atoms with van der Waals surface area (Å²) in [5.41, 5.74) is 6.57. The van der Waals surface area contributed by atoms with Crippen LogP contribution in [0.15, 0.2) is 6.07 Å². The van der Waals surface area contributed by atoms with Crippen molar-refractivity contribution in [2.75, 3.05) is 0 Å². The molecule has 1 aromatic rings. The molecule has 0 saturated carbocycles. The van der Waals surface area contributed by atoms with Crippen LogP contribution in [-0.2, 0) is 19.4 Å². The van der Waals surface area contributed by atoms with Crippen LogP contribution in [0.1, 0.15) is 28.2 Å². The molecule has 0 radical (unpaired) electrons. The molecule has 5 heteroatoms. The van der Waals surface area contributed by atoms with Crippen molar-refractivity contribution in [3.05, 3.63) is 21.4 Å². The standard InChI is InChI=1S/C11H15N3OS/c12-7-14(11(13)15)6-9-5-8-3-1-2-4-10(8)16-9/h5,7,12H,1-4,6H2,(H2,13,15). The molecule has 0 bridgehead atoms. The van der Waals surface area contributed by atoms with Crippen LogP contribution < -0.4 is 5.73 Å². The Morgan fingerprint density at radius 1 is 1.56 bits per heavy atom. The number of fused-ring (bicyclic) bond motifs is 1. The van der Waals surface area contributed by atoms with E-state index in [1.54, 1.807) is 11.3 Å². The molecule has 3 N–H and O–H groups in total. The van der Waals surface area contributed by atoms with Gasteiger partial charge in [-0.25, -0.2) is 4.79 Å². The Labute approximate surface area is 98.6 Å². The van der Waals surface area contributed by atoms with Gasteiger partial charge in [0.1, 0.15) is 0 Å². The van der Waals surface area contributed by atoms with Crippen LogP contribution in [0.3, 0.4) is 0 Å². The lowest BCUT2D eigenvalue weighted by Gasteiger charge is -2.11. The molecule has 1 aromatic heterocycles. The maximum absolute atomic E-state index is 11.0. The van der Waals surface area contributed by atoms with Crippen LogP contribution in [0.25, 0.3) is 0 Å². The number of primary amides is 1. The molecular formula is C11H15N3OS.